The number of esters is 1. The zero-order chi connectivity index (χ0) is 7.70. The van der Waals surface area contributed by atoms with E-state index in [9.17, 15) is 4.79 Å². The standard InChI is InChI=1S/C5H7O2.HI.Zn/c1-3-4-5(6)7-2;;/h3-4H,2H2,1H3;1H;/q-1;;+2/p-1/b4-3+;;. The normalized spacial score (nSPS) is 8.11. The molecule has 0 amide bonds. The van der Waals surface area contributed by atoms with Crippen LogP contribution in [0.2, 0.25) is 0 Å². The molecule has 0 aliphatic rings. The Bertz CT molecular complexity index is 93.0. The summed E-state index contributed by atoms with van der Waals surface area (Å²) in [6.07, 6.45) is 2.89. The van der Waals surface area contributed by atoms with Gasteiger partial charge in [0, 0.05) is 6.08 Å². The predicted octanol–water partition coefficient (Wildman–Crippen LogP) is 1.78. The van der Waals surface area contributed by atoms with Crippen LogP contribution >= 0.6 is 19.8 Å². The number of hydrogen-bond donors (Lipinski definition) is 0. The Hall–Kier alpha value is 0.563. The zero-order valence-corrected chi connectivity index (χ0v) is 10.4. The molecule has 0 rings (SSSR count). The maximum absolute atomic E-state index is 10.0. The fourth-order valence-electron chi connectivity index (χ4n) is 0.184. The van der Waals surface area contributed by atoms with Crippen molar-refractivity contribution < 1.29 is 24.3 Å². The Balaban J connectivity index is 0. The van der Waals surface area contributed by atoms with Crippen LogP contribution in [0.15, 0.2) is 12.2 Å². The molecule has 9 heavy (non-hydrogen) atoms. The van der Waals surface area contributed by atoms with E-state index >= 15 is 0 Å². The van der Waals surface area contributed by atoms with E-state index in [0.29, 0.717) is 0 Å². The maximum atomic E-state index is 10.0. The van der Waals surface area contributed by atoms with E-state index < -0.39 is 5.97 Å². The molecule has 0 saturated carbocycles. The van der Waals surface area contributed by atoms with Crippen LogP contribution in [0.5, 0.6) is 0 Å². The van der Waals surface area contributed by atoms with Crippen molar-refractivity contribution in [2.24, 2.45) is 0 Å². The van der Waals surface area contributed by atoms with Crippen molar-refractivity contribution in [3.63, 3.8) is 0 Å². The molecule has 0 N–H and O–H groups in total. The van der Waals surface area contributed by atoms with Crippen LogP contribution < -0.4 is 0 Å². The molecule has 0 aromatic carbocycles. The molecular formula is C5H7IO2Zn. The summed E-state index contributed by atoms with van der Waals surface area (Å²) in [5, 5.41) is 0. The van der Waals surface area contributed by atoms with Crippen molar-refractivity contribution in [3.8, 4) is 0 Å². The fraction of sp³-hybridized carbons (Fsp3) is 0.200. The molecule has 0 spiro atoms. The zero-order valence-electron chi connectivity index (χ0n) is 5.26. The van der Waals surface area contributed by atoms with Crippen LogP contribution in [0.3, 0.4) is 0 Å². The molecule has 0 bridgehead atoms. The second-order valence-corrected chi connectivity index (χ2v) is 0.963. The van der Waals surface area contributed by atoms with Crippen LogP contribution in [-0.4, -0.2) is 5.97 Å². The summed E-state index contributed by atoms with van der Waals surface area (Å²) in [5.74, 6) is -0.414. The van der Waals surface area contributed by atoms with Crippen molar-refractivity contribution in [1.29, 1.82) is 0 Å². The van der Waals surface area contributed by atoms with Gasteiger partial charge in [0.15, 0.2) is 0 Å². The molecule has 2 nitrogen and oxygen atoms in total. The van der Waals surface area contributed by atoms with Crippen molar-refractivity contribution >= 4 is 25.7 Å². The first-order valence-electron chi connectivity index (χ1n) is 2.16. The molecule has 0 aromatic heterocycles. The monoisotopic (exact) mass is 290 g/mol. The molecule has 0 heterocycles. The average Bonchev–Trinajstić information content (AvgIpc) is 1.93. The molecule has 48 valence electrons. The molecule has 4 heteroatoms. The number of halogens is 1. The first-order chi connectivity index (χ1) is 4.31. The average molecular weight is 291 g/mol. The molecule has 0 atom stereocenters. The molecule has 0 unspecified atom stereocenters. The number of ether oxygens (including phenoxy) is 1. The van der Waals surface area contributed by atoms with Crippen LogP contribution in [0.1, 0.15) is 6.92 Å². The number of hydrogen-bond acceptors (Lipinski definition) is 2. The van der Waals surface area contributed by atoms with E-state index in [-0.39, 0.29) is 0 Å². The van der Waals surface area contributed by atoms with Crippen LogP contribution in [0.25, 0.3) is 0 Å². The van der Waals surface area contributed by atoms with Gasteiger partial charge in [-0.15, -0.1) is 0 Å². The summed E-state index contributed by atoms with van der Waals surface area (Å²) in [4.78, 5) is 10.0. The minimum atomic E-state index is -0.414. The molecule has 0 aromatic rings. The first-order valence-corrected chi connectivity index (χ1v) is 11.2. The number of rotatable bonds is 1. The summed E-state index contributed by atoms with van der Waals surface area (Å²) in [6.45, 7) is 1.73. The van der Waals surface area contributed by atoms with Crippen LogP contribution in [-0.2, 0) is 24.3 Å². The van der Waals surface area contributed by atoms with Gasteiger partial charge >= 0.3 is 34.5 Å². The van der Waals surface area contributed by atoms with Gasteiger partial charge in [-0.25, -0.2) is 4.79 Å². The van der Waals surface area contributed by atoms with E-state index in [0.717, 1.165) is 0 Å². The Labute approximate surface area is 75.9 Å². The van der Waals surface area contributed by atoms with Crippen molar-refractivity contribution in [2.75, 3.05) is 0 Å². The predicted molar refractivity (Wildman–Crippen MR) is 40.3 cm³/mol. The third kappa shape index (κ3) is 11.9. The molecule has 0 saturated heterocycles. The SMILES string of the molecule is [CH2-]OC(=O)/C=C/C.[Zn+][I]. The Morgan fingerprint density at radius 3 is 2.33 bits per heavy atom. The second kappa shape index (κ2) is 11.4. The van der Waals surface area contributed by atoms with Crippen LogP contribution in [0.4, 0.5) is 0 Å². The van der Waals surface area contributed by atoms with Gasteiger partial charge in [-0.05, 0) is 6.92 Å². The van der Waals surface area contributed by atoms with E-state index in [1.54, 1.807) is 13.0 Å². The summed E-state index contributed by atoms with van der Waals surface area (Å²) in [5.41, 5.74) is 0. The Morgan fingerprint density at radius 2 is 2.22 bits per heavy atom. The van der Waals surface area contributed by atoms with Gasteiger partial charge in [0.1, 0.15) is 0 Å². The van der Waals surface area contributed by atoms with Crippen molar-refractivity contribution in [3.05, 3.63) is 19.3 Å². The van der Waals surface area contributed by atoms with Gasteiger partial charge in [0.2, 0.25) is 0 Å². The van der Waals surface area contributed by atoms with E-state index in [1.165, 1.54) is 20.9 Å². The van der Waals surface area contributed by atoms with Gasteiger partial charge in [-0.1, -0.05) is 6.08 Å². The topological polar surface area (TPSA) is 26.3 Å². The van der Waals surface area contributed by atoms with E-state index in [4.69, 9.17) is 0 Å². The molecule has 0 aliphatic carbocycles. The van der Waals surface area contributed by atoms with Gasteiger partial charge in [-0.2, -0.15) is 7.11 Å². The van der Waals surface area contributed by atoms with E-state index in [2.05, 4.69) is 31.6 Å². The van der Waals surface area contributed by atoms with Gasteiger partial charge in [0.05, 0.1) is 0 Å². The van der Waals surface area contributed by atoms with Crippen molar-refractivity contribution in [1.82, 2.24) is 0 Å². The molecule has 0 radical (unpaired) electrons. The number of carbonyl (C=O) groups is 1. The van der Waals surface area contributed by atoms with Crippen LogP contribution in [0, 0.1) is 7.11 Å². The van der Waals surface area contributed by atoms with Crippen molar-refractivity contribution in [2.45, 2.75) is 6.92 Å². The van der Waals surface area contributed by atoms with Gasteiger partial charge in [-0.3, -0.25) is 0 Å². The van der Waals surface area contributed by atoms with E-state index in [1.807, 2.05) is 0 Å². The number of carbonyl (C=O) groups excluding carboxylic acids is 1. The van der Waals surface area contributed by atoms with Gasteiger partial charge < -0.3 is 4.74 Å². The number of allylic oxidation sites excluding steroid dienone is 1. The second-order valence-electron chi connectivity index (χ2n) is 0.963. The minimum absolute atomic E-state index is 0.414. The Kier molecular flexibility index (Phi) is 15.5. The third-order valence-electron chi connectivity index (χ3n) is 0.445. The summed E-state index contributed by atoms with van der Waals surface area (Å²) < 4.78 is 4.01. The summed E-state index contributed by atoms with van der Waals surface area (Å²) >= 11 is 3.62. The Morgan fingerprint density at radius 1 is 1.78 bits per heavy atom. The first kappa shape index (κ1) is 12.3. The van der Waals surface area contributed by atoms with Gasteiger partial charge in [0.25, 0.3) is 5.97 Å². The molecule has 0 fully saturated rings. The molecular weight excluding hydrogens is 284 g/mol. The fourth-order valence-corrected chi connectivity index (χ4v) is 0.184. The summed E-state index contributed by atoms with van der Waals surface area (Å²) in [6, 6.07) is 0. The molecule has 0 aliphatic heterocycles. The third-order valence-corrected chi connectivity index (χ3v) is 0.445. The quantitative estimate of drug-likeness (QED) is 0.242. The summed E-state index contributed by atoms with van der Waals surface area (Å²) in [7, 11) is 2.90.